The lowest BCUT2D eigenvalue weighted by atomic mass is 10.0. The van der Waals surface area contributed by atoms with Crippen molar-refractivity contribution < 1.29 is 4.79 Å². The summed E-state index contributed by atoms with van der Waals surface area (Å²) >= 11 is 0. The summed E-state index contributed by atoms with van der Waals surface area (Å²) in [6.45, 7) is 2.46. The van der Waals surface area contributed by atoms with E-state index in [1.165, 1.54) is 0 Å². The lowest BCUT2D eigenvalue weighted by Gasteiger charge is -2.25. The summed E-state index contributed by atoms with van der Waals surface area (Å²) in [6, 6.07) is 7.32. The molecule has 1 N–H and O–H groups in total. The smallest absolute Gasteiger partial charge is 0.260 e. The number of nitrogens with one attached hydrogen (secondary N) is 1. The zero-order chi connectivity index (χ0) is 17.3. The van der Waals surface area contributed by atoms with Gasteiger partial charge in [-0.05, 0) is 49.6 Å². The lowest BCUT2D eigenvalue weighted by Crippen LogP contribution is -2.34. The van der Waals surface area contributed by atoms with Crippen LogP contribution in [0.15, 0.2) is 35.3 Å². The van der Waals surface area contributed by atoms with Crippen molar-refractivity contribution in [2.75, 3.05) is 25.5 Å². The first-order chi connectivity index (χ1) is 11.5. The molecule has 6 heteroatoms. The second kappa shape index (κ2) is 6.47. The number of hydrogen-bond acceptors (Lipinski definition) is 4. The normalized spacial score (nSPS) is 17.1. The molecule has 0 aromatic carbocycles. The first-order valence-electron chi connectivity index (χ1n) is 8.11. The highest BCUT2D eigenvalue weighted by Crippen LogP contribution is 2.33. The molecule has 6 nitrogen and oxygen atoms in total. The second-order valence-electron chi connectivity index (χ2n) is 6.38. The summed E-state index contributed by atoms with van der Waals surface area (Å²) in [7, 11) is 3.88. The van der Waals surface area contributed by atoms with Gasteiger partial charge < -0.3 is 14.8 Å². The number of likely N-dealkylation sites (tertiary alicyclic amines) is 1. The number of aromatic nitrogens is 2. The maximum absolute atomic E-state index is 12.9. The maximum atomic E-state index is 12.9. The van der Waals surface area contributed by atoms with Crippen LogP contribution in [0.25, 0.3) is 0 Å². The number of pyridine rings is 2. The number of carbonyl (C=O) groups is 1. The van der Waals surface area contributed by atoms with Gasteiger partial charge in [0.2, 0.25) is 0 Å². The fourth-order valence-electron chi connectivity index (χ4n) is 3.14. The Morgan fingerprint density at radius 2 is 2.12 bits per heavy atom. The number of aryl methyl sites for hydroxylation is 1. The molecule has 0 aliphatic carbocycles. The number of aromatic amines is 1. The molecule has 0 radical (unpaired) electrons. The molecule has 2 aromatic heterocycles. The Hall–Kier alpha value is -2.63. The predicted molar refractivity (Wildman–Crippen MR) is 93.4 cm³/mol. The van der Waals surface area contributed by atoms with Crippen molar-refractivity contribution in [3.63, 3.8) is 0 Å². The van der Waals surface area contributed by atoms with E-state index in [-0.39, 0.29) is 23.1 Å². The van der Waals surface area contributed by atoms with Crippen molar-refractivity contribution in [3.8, 4) is 0 Å². The molecule has 1 unspecified atom stereocenters. The molecular weight excluding hydrogens is 304 g/mol. The molecule has 0 bridgehead atoms. The first kappa shape index (κ1) is 16.2. The average Bonchev–Trinajstić information content (AvgIpc) is 3.04. The van der Waals surface area contributed by atoms with E-state index in [4.69, 9.17) is 0 Å². The van der Waals surface area contributed by atoms with Gasteiger partial charge in [-0.25, -0.2) is 4.98 Å². The number of H-pyrrole nitrogens is 1. The van der Waals surface area contributed by atoms with Crippen LogP contribution in [-0.2, 0) is 0 Å². The third-order valence-corrected chi connectivity index (χ3v) is 4.41. The van der Waals surface area contributed by atoms with Crippen LogP contribution in [0.1, 0.15) is 40.5 Å². The minimum Gasteiger partial charge on any atom is -0.363 e. The van der Waals surface area contributed by atoms with Gasteiger partial charge in [-0.3, -0.25) is 9.59 Å². The molecular formula is C18H22N4O2. The molecule has 24 heavy (non-hydrogen) atoms. The van der Waals surface area contributed by atoms with Gasteiger partial charge in [-0.2, -0.15) is 0 Å². The van der Waals surface area contributed by atoms with Crippen LogP contribution in [0.4, 0.5) is 5.82 Å². The molecule has 1 aliphatic rings. The highest BCUT2D eigenvalue weighted by Gasteiger charge is 2.32. The minimum absolute atomic E-state index is 0.0140. The van der Waals surface area contributed by atoms with Crippen LogP contribution in [-0.4, -0.2) is 41.4 Å². The van der Waals surface area contributed by atoms with Gasteiger partial charge in [0.1, 0.15) is 11.4 Å². The monoisotopic (exact) mass is 326 g/mol. The number of hydrogen-bond donors (Lipinski definition) is 1. The number of rotatable bonds is 3. The van der Waals surface area contributed by atoms with Crippen molar-refractivity contribution in [2.45, 2.75) is 25.8 Å². The third-order valence-electron chi connectivity index (χ3n) is 4.41. The average molecular weight is 326 g/mol. The zero-order valence-electron chi connectivity index (χ0n) is 14.2. The SMILES string of the molecule is Cc1ccc(C(=O)N2CCCC2c2ccnc(N(C)C)c2)c(=O)[nH]1. The van der Waals surface area contributed by atoms with E-state index in [1.54, 1.807) is 30.2 Å². The summed E-state index contributed by atoms with van der Waals surface area (Å²) in [5.74, 6) is 0.655. The summed E-state index contributed by atoms with van der Waals surface area (Å²) in [4.78, 5) is 35.7. The van der Waals surface area contributed by atoms with Gasteiger partial charge in [0.05, 0.1) is 6.04 Å². The Balaban J connectivity index is 1.92. The topological polar surface area (TPSA) is 69.3 Å². The van der Waals surface area contributed by atoms with Gasteiger partial charge in [-0.15, -0.1) is 0 Å². The lowest BCUT2D eigenvalue weighted by molar-refractivity contribution is 0.0734. The largest absolute Gasteiger partial charge is 0.363 e. The quantitative estimate of drug-likeness (QED) is 0.938. The molecule has 126 valence electrons. The summed E-state index contributed by atoms with van der Waals surface area (Å²) in [6.07, 6.45) is 3.59. The zero-order valence-corrected chi connectivity index (χ0v) is 14.2. The molecule has 1 aliphatic heterocycles. The Bertz CT molecular complexity index is 813. The first-order valence-corrected chi connectivity index (χ1v) is 8.11. The molecule has 0 spiro atoms. The second-order valence-corrected chi connectivity index (χ2v) is 6.38. The van der Waals surface area contributed by atoms with E-state index in [9.17, 15) is 9.59 Å². The van der Waals surface area contributed by atoms with Crippen LogP contribution in [0.2, 0.25) is 0 Å². The molecule has 0 saturated carbocycles. The van der Waals surface area contributed by atoms with Crippen LogP contribution in [0, 0.1) is 6.92 Å². The van der Waals surface area contributed by atoms with E-state index >= 15 is 0 Å². The highest BCUT2D eigenvalue weighted by molar-refractivity contribution is 5.94. The van der Waals surface area contributed by atoms with Crippen LogP contribution in [0.3, 0.4) is 0 Å². The van der Waals surface area contributed by atoms with Crippen LogP contribution >= 0.6 is 0 Å². The van der Waals surface area contributed by atoms with Crippen molar-refractivity contribution in [1.82, 2.24) is 14.9 Å². The van der Waals surface area contributed by atoms with Gasteiger partial charge in [-0.1, -0.05) is 0 Å². The molecule has 1 saturated heterocycles. The van der Waals surface area contributed by atoms with Gasteiger partial charge >= 0.3 is 0 Å². The minimum atomic E-state index is -0.325. The maximum Gasteiger partial charge on any atom is 0.260 e. The van der Waals surface area contributed by atoms with E-state index in [0.29, 0.717) is 6.54 Å². The van der Waals surface area contributed by atoms with Gasteiger partial charge in [0.25, 0.3) is 11.5 Å². The summed E-state index contributed by atoms with van der Waals surface area (Å²) < 4.78 is 0. The molecule has 1 amide bonds. The predicted octanol–water partition coefficient (Wildman–Crippen LogP) is 2.12. The van der Waals surface area contributed by atoms with Crippen LogP contribution in [0.5, 0.6) is 0 Å². The van der Waals surface area contributed by atoms with Gasteiger partial charge in [0, 0.05) is 32.5 Å². The van der Waals surface area contributed by atoms with E-state index < -0.39 is 0 Å². The number of carbonyl (C=O) groups excluding carboxylic acids is 1. The number of nitrogens with zero attached hydrogens (tertiary/aromatic N) is 3. The molecule has 3 rings (SSSR count). The Morgan fingerprint density at radius 1 is 1.33 bits per heavy atom. The highest BCUT2D eigenvalue weighted by atomic mass is 16.2. The Morgan fingerprint density at radius 3 is 2.83 bits per heavy atom. The Labute approximate surface area is 141 Å². The summed E-state index contributed by atoms with van der Waals surface area (Å²) in [5, 5.41) is 0. The van der Waals surface area contributed by atoms with E-state index in [0.717, 1.165) is 29.9 Å². The molecule has 1 fully saturated rings. The van der Waals surface area contributed by atoms with Crippen molar-refractivity contribution in [2.24, 2.45) is 0 Å². The van der Waals surface area contributed by atoms with Crippen LogP contribution < -0.4 is 10.5 Å². The van der Waals surface area contributed by atoms with E-state index in [2.05, 4.69) is 9.97 Å². The standard InChI is InChI=1S/C18H22N4O2/c1-12-6-7-14(17(23)20-12)18(24)22-10-4-5-15(22)13-8-9-19-16(11-13)21(2)3/h6-9,11,15H,4-5,10H2,1-3H3,(H,20,23). The third kappa shape index (κ3) is 3.04. The van der Waals surface area contributed by atoms with Crippen molar-refractivity contribution in [1.29, 1.82) is 0 Å². The van der Waals surface area contributed by atoms with Crippen molar-refractivity contribution >= 4 is 11.7 Å². The molecule has 1 atom stereocenters. The van der Waals surface area contributed by atoms with Gasteiger partial charge in [0.15, 0.2) is 0 Å². The van der Waals surface area contributed by atoms with Crippen molar-refractivity contribution in [3.05, 3.63) is 57.6 Å². The number of amides is 1. The molecule has 3 heterocycles. The molecule has 2 aromatic rings. The fraction of sp³-hybridized carbons (Fsp3) is 0.389. The fourth-order valence-corrected chi connectivity index (χ4v) is 3.14. The Kier molecular flexibility index (Phi) is 4.38. The number of anilines is 1. The summed E-state index contributed by atoms with van der Waals surface area (Å²) in [5.41, 5.74) is 1.69. The van der Waals surface area contributed by atoms with E-state index in [1.807, 2.05) is 31.1 Å².